The third-order valence-electron chi connectivity index (χ3n) is 16.9. The third-order valence-corrected chi connectivity index (χ3v) is 16.9. The minimum Gasteiger partial charge on any atom is -0.373 e. The Morgan fingerprint density at radius 2 is 0.569 bits per heavy atom. The minimum atomic E-state index is -0.293. The molecule has 6 heterocycles. The van der Waals surface area contributed by atoms with Crippen LogP contribution >= 0.6 is 0 Å². The molecule has 0 aliphatic heterocycles. The number of hydrogen-bond acceptors (Lipinski definition) is 6. The molecule has 0 fully saturated rings. The van der Waals surface area contributed by atoms with E-state index in [1.807, 2.05) is 217 Å². The Hall–Kier alpha value is -8.71. The van der Waals surface area contributed by atoms with Crippen LogP contribution in [0.25, 0.3) is 91.1 Å². The molecule has 0 aliphatic rings. The molecule has 16 rings (SSSR count). The van der Waals surface area contributed by atoms with Crippen molar-refractivity contribution in [1.82, 2.24) is 57.3 Å². The normalized spacial score (nSPS) is 10.1. The molecule has 109 heavy (non-hydrogen) atoms. The van der Waals surface area contributed by atoms with Crippen LogP contribution in [0.2, 0.25) is 0 Å². The Morgan fingerprint density at radius 3 is 0.872 bits per heavy atom. The van der Waals surface area contributed by atoms with E-state index in [2.05, 4.69) is 208 Å². The van der Waals surface area contributed by atoms with Gasteiger partial charge in [0, 0.05) is 238 Å². The standard InChI is InChI=1S/C21H23N2.C17H14FN2.C17H15N2.C15H11N2.2C10H9N2.6Ir/c1-15(2)18-11-8-12-19(16(3)4)20(18)23-14-13-22-21(23)17-9-6-5-7-10-17;1-12-4-3-5-13(2)16(12)20-11-10-19-17(20)14-6-8-15(18)9-7-14;1-13-7-6-8-14(2)16(13)19-12-11-18-17(19)15-9-4-3-5-10-15;1-3-7-13(8-4-1)15-16-11-12-17(15)14-9-5-2-6-10-14;2*1-12-8-7-11-10(12)9-5-3-2-4-6-9;;;;;;/h5-9,11-16H,1-4H3;3-6,8-11H,1-2H3;3-9,11-12H,1-2H3;1-7,9-12H;2*2-5,7-8H,1H3;;;;;;/q6*-1;;;;;;. The van der Waals surface area contributed by atoms with E-state index in [0.717, 1.165) is 79.7 Å². The summed E-state index contributed by atoms with van der Waals surface area (Å²) >= 11 is 0. The molecular formula is C90H81FIr6N12-6. The molecule has 0 atom stereocenters. The Morgan fingerprint density at radius 1 is 0.284 bits per heavy atom. The van der Waals surface area contributed by atoms with Crippen LogP contribution in [0.5, 0.6) is 0 Å². The van der Waals surface area contributed by atoms with Gasteiger partial charge in [0.25, 0.3) is 0 Å². The summed E-state index contributed by atoms with van der Waals surface area (Å²) in [7, 11) is 3.95. The summed E-state index contributed by atoms with van der Waals surface area (Å²) in [5, 5.41) is 0. The van der Waals surface area contributed by atoms with E-state index < -0.39 is 0 Å². The number of benzene rings is 10. The molecule has 0 aliphatic carbocycles. The predicted octanol–water partition coefficient (Wildman–Crippen LogP) is 20.7. The van der Waals surface area contributed by atoms with E-state index in [1.165, 1.54) is 56.9 Å². The molecule has 0 amide bonds. The fourth-order valence-electron chi connectivity index (χ4n) is 12.0. The number of imidazole rings is 6. The molecule has 10 aromatic carbocycles. The maximum Gasteiger partial charge on any atom is 0.0602 e. The van der Waals surface area contributed by atoms with Gasteiger partial charge in [-0.3, -0.25) is 34.3 Å². The zero-order valence-corrected chi connectivity index (χ0v) is 76.1. The van der Waals surface area contributed by atoms with Gasteiger partial charge >= 0.3 is 0 Å². The van der Waals surface area contributed by atoms with Crippen LogP contribution < -0.4 is 0 Å². The van der Waals surface area contributed by atoms with Gasteiger partial charge in [-0.05, 0) is 85.0 Å². The van der Waals surface area contributed by atoms with Crippen molar-refractivity contribution in [2.45, 2.75) is 67.2 Å². The Kier molecular flexibility index (Phi) is 37.9. The number of hydrogen-bond donors (Lipinski definition) is 0. The van der Waals surface area contributed by atoms with Gasteiger partial charge in [-0.2, -0.15) is 0 Å². The first-order valence-electron chi connectivity index (χ1n) is 34.2. The maximum atomic E-state index is 13.0. The summed E-state index contributed by atoms with van der Waals surface area (Å²) in [5.41, 5.74) is 18.1. The Balaban J connectivity index is 0.000000235. The van der Waals surface area contributed by atoms with Gasteiger partial charge < -0.3 is 27.4 Å². The molecule has 0 unspecified atom stereocenters. The second kappa shape index (κ2) is 45.4. The fourth-order valence-corrected chi connectivity index (χ4v) is 12.0. The van der Waals surface area contributed by atoms with Gasteiger partial charge in [-0.25, -0.2) is 0 Å². The van der Waals surface area contributed by atoms with Gasteiger partial charge in [0.05, 0.1) is 34.9 Å². The molecule has 0 saturated heterocycles. The number of aromatic nitrogens is 12. The number of rotatable bonds is 12. The second-order valence-corrected chi connectivity index (χ2v) is 24.9. The number of para-hydroxylation sites is 4. The first-order valence-corrected chi connectivity index (χ1v) is 34.2. The fraction of sp³-hybridized carbons (Fsp3) is 0.133. The van der Waals surface area contributed by atoms with Gasteiger partial charge in [0.15, 0.2) is 0 Å². The zero-order valence-electron chi connectivity index (χ0n) is 61.7. The molecule has 6 radical (unpaired) electrons. The summed E-state index contributed by atoms with van der Waals surface area (Å²) in [6, 6.07) is 92.2. The summed E-state index contributed by atoms with van der Waals surface area (Å²) < 4.78 is 25.4. The van der Waals surface area contributed by atoms with Crippen molar-refractivity contribution in [3.8, 4) is 91.1 Å². The molecule has 6 aromatic heterocycles. The molecule has 0 spiro atoms. The number of aryl methyl sites for hydroxylation is 6. The molecule has 0 saturated carbocycles. The van der Waals surface area contributed by atoms with Crippen molar-refractivity contribution < 1.29 is 125 Å². The topological polar surface area (TPSA) is 107 Å². The van der Waals surface area contributed by atoms with Crippen LogP contribution in [0.1, 0.15) is 72.9 Å². The van der Waals surface area contributed by atoms with Crippen LogP contribution in [0.15, 0.2) is 299 Å². The van der Waals surface area contributed by atoms with E-state index in [4.69, 9.17) is 0 Å². The molecule has 568 valence electrons. The van der Waals surface area contributed by atoms with Crippen molar-refractivity contribution in [2.24, 2.45) is 14.1 Å². The van der Waals surface area contributed by atoms with E-state index in [-0.39, 0.29) is 126 Å². The van der Waals surface area contributed by atoms with Gasteiger partial charge in [0.2, 0.25) is 0 Å². The number of halogens is 1. The third kappa shape index (κ3) is 23.7. The van der Waals surface area contributed by atoms with Crippen molar-refractivity contribution in [1.29, 1.82) is 0 Å². The van der Waals surface area contributed by atoms with Gasteiger partial charge in [-0.1, -0.05) is 100 Å². The molecule has 19 heteroatoms. The molecule has 12 nitrogen and oxygen atoms in total. The number of nitrogens with zero attached hydrogens (tertiary/aromatic N) is 12. The van der Waals surface area contributed by atoms with Crippen molar-refractivity contribution >= 4 is 0 Å². The average molecular weight is 2500 g/mol. The monoisotopic (exact) mass is 2510 g/mol. The van der Waals surface area contributed by atoms with Gasteiger partial charge in [-0.15, -0.1) is 209 Å². The van der Waals surface area contributed by atoms with Crippen LogP contribution in [-0.2, 0) is 135 Å². The van der Waals surface area contributed by atoms with Crippen molar-refractivity contribution in [3.05, 3.63) is 374 Å². The van der Waals surface area contributed by atoms with Crippen molar-refractivity contribution in [2.75, 3.05) is 0 Å². The SMILES string of the molecule is CC(C)c1cccc(C(C)C)c1-n1ccnc1-c1[c-]cccc1.Cc1cccc(C)c1-n1ccnc1-c1[c-]cc(F)cc1.Cc1cccc(C)c1-n1ccnc1-c1[c-]cccc1.Cn1ccnc1-c1[c-]cccc1.Cn1ccnc1-c1[c-]cccc1.[Ir].[Ir].[Ir].[Ir].[Ir].[Ir].[c-]1ccccc1-c1nccn1-c1ccccc1. The molecule has 0 bridgehead atoms. The van der Waals surface area contributed by atoms with Crippen LogP contribution in [0.4, 0.5) is 4.39 Å². The van der Waals surface area contributed by atoms with E-state index in [1.54, 1.807) is 24.7 Å². The first-order chi connectivity index (χ1) is 50.2. The summed E-state index contributed by atoms with van der Waals surface area (Å²) in [4.78, 5) is 26.3. The quantitative estimate of drug-likeness (QED) is 0.113. The largest absolute Gasteiger partial charge is 0.373 e. The second-order valence-electron chi connectivity index (χ2n) is 24.9. The van der Waals surface area contributed by atoms with E-state index in [9.17, 15) is 4.39 Å². The summed E-state index contributed by atoms with van der Waals surface area (Å²) in [6.07, 6.45) is 22.6. The molecule has 16 aromatic rings. The smallest absolute Gasteiger partial charge is 0.0602 e. The maximum absolute atomic E-state index is 13.0. The van der Waals surface area contributed by atoms with E-state index >= 15 is 0 Å². The minimum absolute atomic E-state index is 0. The molecular weight excluding hydrogens is 2420 g/mol. The Labute approximate surface area is 722 Å². The van der Waals surface area contributed by atoms with Crippen LogP contribution in [-0.4, -0.2) is 57.3 Å². The van der Waals surface area contributed by atoms with Crippen molar-refractivity contribution in [3.63, 3.8) is 0 Å². The zero-order chi connectivity index (χ0) is 72.0. The summed E-state index contributed by atoms with van der Waals surface area (Å²) in [6.45, 7) is 17.4. The van der Waals surface area contributed by atoms with E-state index in [0.29, 0.717) is 11.8 Å². The molecule has 0 N–H and O–H groups in total. The Bertz CT molecular complexity index is 5060. The average Bonchev–Trinajstić information content (AvgIpc) is 1.76. The van der Waals surface area contributed by atoms with Crippen LogP contribution in [0.3, 0.4) is 0 Å². The van der Waals surface area contributed by atoms with Crippen LogP contribution in [0, 0.1) is 69.9 Å². The summed E-state index contributed by atoms with van der Waals surface area (Å²) in [5.74, 6) is 6.08. The van der Waals surface area contributed by atoms with Gasteiger partial charge in [0.1, 0.15) is 0 Å². The first kappa shape index (κ1) is 90.9. The predicted molar refractivity (Wildman–Crippen MR) is 413 cm³/mol.